The summed E-state index contributed by atoms with van der Waals surface area (Å²) in [5.41, 5.74) is 0. The average molecular weight is 342 g/mol. The van der Waals surface area contributed by atoms with Crippen molar-refractivity contribution in [2.24, 2.45) is 0 Å². The number of hydrogen-bond donors (Lipinski definition) is 1. The topological polar surface area (TPSA) is 41.6 Å². The van der Waals surface area contributed by atoms with Crippen LogP contribution >= 0.6 is 0 Å². The largest absolute Gasteiger partial charge is 0.493 e. The van der Waals surface area contributed by atoms with Crippen molar-refractivity contribution in [2.45, 2.75) is 39.7 Å². The molecule has 2 aromatic carbocycles. The van der Waals surface area contributed by atoms with Crippen LogP contribution in [0.4, 0.5) is 0 Å². The van der Waals surface area contributed by atoms with Gasteiger partial charge >= 0.3 is 0 Å². The van der Waals surface area contributed by atoms with Gasteiger partial charge in [-0.1, -0.05) is 43.3 Å². The number of ether oxygens (including phenoxy) is 1. The van der Waals surface area contributed by atoms with Crippen LogP contribution < -0.4 is 10.1 Å². The maximum absolute atomic E-state index is 11.9. The third-order valence-corrected chi connectivity index (χ3v) is 4.41. The Morgan fingerprint density at radius 1 is 1.16 bits per heavy atom. The van der Waals surface area contributed by atoms with Gasteiger partial charge in [-0.3, -0.25) is 9.69 Å². The Morgan fingerprint density at radius 3 is 2.68 bits per heavy atom. The number of hydrogen-bond acceptors (Lipinski definition) is 3. The van der Waals surface area contributed by atoms with Crippen LogP contribution in [0.2, 0.25) is 0 Å². The van der Waals surface area contributed by atoms with Crippen LogP contribution in [0.15, 0.2) is 42.5 Å². The van der Waals surface area contributed by atoms with Gasteiger partial charge in [0.15, 0.2) is 0 Å². The molecule has 0 saturated heterocycles. The smallest absolute Gasteiger partial charge is 0.220 e. The first-order valence-corrected chi connectivity index (χ1v) is 9.23. The lowest BCUT2D eigenvalue weighted by Gasteiger charge is -2.24. The number of carbonyl (C=O) groups is 1. The monoisotopic (exact) mass is 342 g/mol. The lowest BCUT2D eigenvalue weighted by Crippen LogP contribution is -2.38. The van der Waals surface area contributed by atoms with E-state index in [0.717, 1.165) is 30.6 Å². The molecule has 0 bridgehead atoms. The third kappa shape index (κ3) is 6.05. The van der Waals surface area contributed by atoms with Gasteiger partial charge in [-0.05, 0) is 38.3 Å². The van der Waals surface area contributed by atoms with Crippen molar-refractivity contribution in [1.29, 1.82) is 0 Å². The summed E-state index contributed by atoms with van der Waals surface area (Å²) in [7, 11) is 0. The van der Waals surface area contributed by atoms with E-state index in [1.54, 1.807) is 0 Å². The van der Waals surface area contributed by atoms with Gasteiger partial charge < -0.3 is 10.1 Å². The van der Waals surface area contributed by atoms with E-state index in [1.165, 1.54) is 5.39 Å². The molecule has 1 N–H and O–H groups in total. The highest BCUT2D eigenvalue weighted by molar-refractivity contribution is 5.88. The van der Waals surface area contributed by atoms with Crippen molar-refractivity contribution < 1.29 is 9.53 Å². The van der Waals surface area contributed by atoms with Crippen LogP contribution in [0.3, 0.4) is 0 Å². The summed E-state index contributed by atoms with van der Waals surface area (Å²) in [4.78, 5) is 14.3. The Balaban J connectivity index is 1.68. The normalized spacial score (nSPS) is 11.2. The van der Waals surface area contributed by atoms with Crippen molar-refractivity contribution >= 4 is 16.7 Å². The fourth-order valence-corrected chi connectivity index (χ4v) is 2.95. The lowest BCUT2D eigenvalue weighted by molar-refractivity contribution is -0.121. The maximum Gasteiger partial charge on any atom is 0.220 e. The number of fused-ring (bicyclic) bond motifs is 1. The molecule has 0 heterocycles. The zero-order chi connectivity index (χ0) is 18.1. The van der Waals surface area contributed by atoms with E-state index in [0.29, 0.717) is 25.6 Å². The highest BCUT2D eigenvalue weighted by atomic mass is 16.5. The number of nitrogens with one attached hydrogen (secondary N) is 1. The van der Waals surface area contributed by atoms with Crippen LogP contribution in [0, 0.1) is 0 Å². The molecule has 2 aromatic rings. The van der Waals surface area contributed by atoms with Crippen LogP contribution in [0.25, 0.3) is 10.8 Å². The fourth-order valence-electron chi connectivity index (χ4n) is 2.95. The van der Waals surface area contributed by atoms with Gasteiger partial charge in [-0.15, -0.1) is 0 Å². The molecule has 25 heavy (non-hydrogen) atoms. The van der Waals surface area contributed by atoms with E-state index in [9.17, 15) is 4.79 Å². The molecular weight excluding hydrogens is 312 g/mol. The van der Waals surface area contributed by atoms with E-state index in [2.05, 4.69) is 49.2 Å². The quantitative estimate of drug-likeness (QED) is 0.667. The first-order valence-electron chi connectivity index (χ1n) is 9.23. The van der Waals surface area contributed by atoms with Gasteiger partial charge in [0.05, 0.1) is 6.61 Å². The molecule has 0 fully saturated rings. The number of rotatable bonds is 10. The SMILES string of the molecule is CCN(CCNC(=O)CCCOc1cccc2ccccc12)C(C)C. The molecule has 0 aliphatic carbocycles. The molecule has 0 aliphatic rings. The van der Waals surface area contributed by atoms with Gasteiger partial charge in [0.1, 0.15) is 5.75 Å². The van der Waals surface area contributed by atoms with Gasteiger partial charge in [-0.25, -0.2) is 0 Å². The Labute approximate surface area is 151 Å². The van der Waals surface area contributed by atoms with E-state index in [4.69, 9.17) is 4.74 Å². The Bertz CT molecular complexity index is 664. The zero-order valence-corrected chi connectivity index (χ0v) is 15.6. The molecule has 136 valence electrons. The highest BCUT2D eigenvalue weighted by Crippen LogP contribution is 2.25. The highest BCUT2D eigenvalue weighted by Gasteiger charge is 2.07. The number of carbonyl (C=O) groups excluding carboxylic acids is 1. The molecule has 0 saturated carbocycles. The zero-order valence-electron chi connectivity index (χ0n) is 15.6. The van der Waals surface area contributed by atoms with Gasteiger partial charge in [0, 0.05) is 30.9 Å². The molecule has 0 radical (unpaired) electrons. The average Bonchev–Trinajstić information content (AvgIpc) is 2.62. The summed E-state index contributed by atoms with van der Waals surface area (Å²) < 4.78 is 5.87. The molecule has 0 aromatic heterocycles. The van der Waals surface area contributed by atoms with Crippen molar-refractivity contribution in [1.82, 2.24) is 10.2 Å². The lowest BCUT2D eigenvalue weighted by atomic mass is 10.1. The molecule has 4 heteroatoms. The summed E-state index contributed by atoms with van der Waals surface area (Å²) in [5, 5.41) is 5.28. The predicted octanol–water partition coefficient (Wildman–Crippen LogP) is 3.85. The van der Waals surface area contributed by atoms with Crippen LogP contribution in [0.5, 0.6) is 5.75 Å². The Hall–Kier alpha value is -2.07. The molecule has 2 rings (SSSR count). The molecular formula is C21H30N2O2. The third-order valence-electron chi connectivity index (χ3n) is 4.41. The number of benzene rings is 2. The van der Waals surface area contributed by atoms with Gasteiger partial charge in [0.2, 0.25) is 5.91 Å². The van der Waals surface area contributed by atoms with Crippen LogP contribution in [-0.2, 0) is 4.79 Å². The summed E-state index contributed by atoms with van der Waals surface area (Å²) >= 11 is 0. The maximum atomic E-state index is 11.9. The van der Waals surface area contributed by atoms with Crippen molar-refractivity contribution in [3.8, 4) is 5.75 Å². The number of nitrogens with zero attached hydrogens (tertiary/aromatic N) is 1. The molecule has 0 spiro atoms. The summed E-state index contributed by atoms with van der Waals surface area (Å²) in [6.07, 6.45) is 1.22. The second-order valence-corrected chi connectivity index (χ2v) is 6.50. The second-order valence-electron chi connectivity index (χ2n) is 6.50. The number of likely N-dealkylation sites (N-methyl/N-ethyl adjacent to an activating group) is 1. The minimum atomic E-state index is 0.0985. The van der Waals surface area contributed by atoms with Gasteiger partial charge in [-0.2, -0.15) is 0 Å². The summed E-state index contributed by atoms with van der Waals surface area (Å²) in [6, 6.07) is 14.7. The molecule has 0 aliphatic heterocycles. The molecule has 0 atom stereocenters. The van der Waals surface area contributed by atoms with Crippen molar-refractivity contribution in [3.63, 3.8) is 0 Å². The predicted molar refractivity (Wildman–Crippen MR) is 104 cm³/mol. The first-order chi connectivity index (χ1) is 12.1. The van der Waals surface area contributed by atoms with Crippen molar-refractivity contribution in [2.75, 3.05) is 26.2 Å². The molecule has 0 unspecified atom stereocenters. The minimum Gasteiger partial charge on any atom is -0.493 e. The summed E-state index contributed by atoms with van der Waals surface area (Å²) in [6.45, 7) is 9.65. The number of amides is 1. The van der Waals surface area contributed by atoms with E-state index >= 15 is 0 Å². The van der Waals surface area contributed by atoms with Crippen LogP contribution in [-0.4, -0.2) is 43.1 Å². The van der Waals surface area contributed by atoms with Gasteiger partial charge in [0.25, 0.3) is 0 Å². The Morgan fingerprint density at radius 2 is 1.92 bits per heavy atom. The standard InChI is InChI=1S/C21H30N2O2/c1-4-23(17(2)3)15-14-22-21(24)13-8-16-25-20-12-7-10-18-9-5-6-11-19(18)20/h5-7,9-12,17H,4,8,13-16H2,1-3H3,(H,22,24). The van der Waals surface area contributed by atoms with E-state index in [1.807, 2.05) is 24.3 Å². The van der Waals surface area contributed by atoms with E-state index < -0.39 is 0 Å². The Kier molecular flexibility index (Phi) is 7.74. The van der Waals surface area contributed by atoms with Crippen LogP contribution in [0.1, 0.15) is 33.6 Å². The first kappa shape index (κ1) is 19.3. The summed E-state index contributed by atoms with van der Waals surface area (Å²) in [5.74, 6) is 0.982. The van der Waals surface area contributed by atoms with Crippen molar-refractivity contribution in [3.05, 3.63) is 42.5 Å². The molecule has 1 amide bonds. The fraction of sp³-hybridized carbons (Fsp3) is 0.476. The van der Waals surface area contributed by atoms with E-state index in [-0.39, 0.29) is 5.91 Å². The second kappa shape index (κ2) is 10.0. The molecule has 4 nitrogen and oxygen atoms in total. The minimum absolute atomic E-state index is 0.0985.